The van der Waals surface area contributed by atoms with Gasteiger partial charge in [0.1, 0.15) is 12.1 Å². The van der Waals surface area contributed by atoms with Crippen LogP contribution in [0.2, 0.25) is 0 Å². The van der Waals surface area contributed by atoms with E-state index in [0.29, 0.717) is 5.92 Å². The Balaban J connectivity index is 2.06. The lowest BCUT2D eigenvalue weighted by Gasteiger charge is -2.15. The molecule has 1 aromatic rings. The van der Waals surface area contributed by atoms with Crippen molar-refractivity contribution in [3.05, 3.63) is 11.9 Å². The van der Waals surface area contributed by atoms with Gasteiger partial charge in [0.15, 0.2) is 0 Å². The molecule has 106 valence electrons. The van der Waals surface area contributed by atoms with E-state index in [1.807, 2.05) is 0 Å². The molecule has 4 nitrogen and oxygen atoms in total. The number of rotatable bonds is 7. The van der Waals surface area contributed by atoms with Crippen molar-refractivity contribution in [1.29, 1.82) is 0 Å². The van der Waals surface area contributed by atoms with Crippen LogP contribution in [0.4, 0.5) is 5.82 Å². The molecule has 0 unspecified atom stereocenters. The Bertz CT molecular complexity index is 389. The van der Waals surface area contributed by atoms with E-state index in [1.165, 1.54) is 25.7 Å². The first kappa shape index (κ1) is 14.1. The van der Waals surface area contributed by atoms with Gasteiger partial charge >= 0.3 is 0 Å². The highest BCUT2D eigenvalue weighted by Crippen LogP contribution is 2.28. The maximum atomic E-state index is 5.97. The van der Waals surface area contributed by atoms with Crippen LogP contribution in [0.25, 0.3) is 0 Å². The van der Waals surface area contributed by atoms with E-state index in [2.05, 4.69) is 29.1 Å². The highest BCUT2D eigenvalue weighted by Gasteiger charge is 2.18. The van der Waals surface area contributed by atoms with Gasteiger partial charge in [0, 0.05) is 6.54 Å². The van der Waals surface area contributed by atoms with Crippen molar-refractivity contribution in [3.8, 4) is 5.88 Å². The Morgan fingerprint density at radius 1 is 1.26 bits per heavy atom. The second-order valence-corrected chi connectivity index (χ2v) is 5.25. The Hall–Kier alpha value is -1.32. The molecule has 19 heavy (non-hydrogen) atoms. The molecule has 4 heteroatoms. The third kappa shape index (κ3) is 3.82. The zero-order valence-corrected chi connectivity index (χ0v) is 12.1. The predicted octanol–water partition coefficient (Wildman–Crippen LogP) is 3.43. The molecule has 1 aliphatic rings. The fourth-order valence-corrected chi connectivity index (χ4v) is 2.69. The van der Waals surface area contributed by atoms with Crippen molar-refractivity contribution < 1.29 is 4.74 Å². The first-order valence-corrected chi connectivity index (χ1v) is 7.55. The Morgan fingerprint density at radius 2 is 2.05 bits per heavy atom. The molecular weight excluding hydrogens is 238 g/mol. The molecule has 0 atom stereocenters. The number of anilines is 1. The second kappa shape index (κ2) is 7.31. The van der Waals surface area contributed by atoms with Gasteiger partial charge in [-0.3, -0.25) is 0 Å². The summed E-state index contributed by atoms with van der Waals surface area (Å²) in [6.45, 7) is 5.93. The third-order valence-corrected chi connectivity index (χ3v) is 3.68. The van der Waals surface area contributed by atoms with Crippen LogP contribution in [0.15, 0.2) is 6.33 Å². The standard InChI is InChI=1S/C15H25N3O/c1-3-7-13-14(16-4-2)17-11-18-15(13)19-10-12-8-5-6-9-12/h11-12H,3-10H2,1-2H3,(H,16,17,18). The van der Waals surface area contributed by atoms with Gasteiger partial charge in [0.2, 0.25) is 5.88 Å². The number of hydrogen-bond donors (Lipinski definition) is 1. The molecule has 0 saturated heterocycles. The molecule has 0 amide bonds. The van der Waals surface area contributed by atoms with Crippen molar-refractivity contribution in [2.45, 2.75) is 52.4 Å². The van der Waals surface area contributed by atoms with Gasteiger partial charge in [-0.2, -0.15) is 0 Å². The van der Waals surface area contributed by atoms with E-state index in [-0.39, 0.29) is 0 Å². The van der Waals surface area contributed by atoms with Gasteiger partial charge in [-0.15, -0.1) is 0 Å². The van der Waals surface area contributed by atoms with Gasteiger partial charge in [-0.1, -0.05) is 26.2 Å². The van der Waals surface area contributed by atoms with Gasteiger partial charge < -0.3 is 10.1 Å². The summed E-state index contributed by atoms with van der Waals surface area (Å²) in [5, 5.41) is 3.30. The number of nitrogens with zero attached hydrogens (tertiary/aromatic N) is 2. The number of ether oxygens (including phenoxy) is 1. The topological polar surface area (TPSA) is 47.0 Å². The van der Waals surface area contributed by atoms with Crippen molar-refractivity contribution >= 4 is 5.82 Å². The summed E-state index contributed by atoms with van der Waals surface area (Å²) in [5.74, 6) is 2.42. The summed E-state index contributed by atoms with van der Waals surface area (Å²) in [7, 11) is 0. The molecular formula is C15H25N3O. The third-order valence-electron chi connectivity index (χ3n) is 3.68. The summed E-state index contributed by atoms with van der Waals surface area (Å²) < 4.78 is 5.97. The van der Waals surface area contributed by atoms with Crippen molar-refractivity contribution in [1.82, 2.24) is 9.97 Å². The zero-order chi connectivity index (χ0) is 13.5. The summed E-state index contributed by atoms with van der Waals surface area (Å²) in [6.07, 6.45) is 8.93. The van der Waals surface area contributed by atoms with Crippen molar-refractivity contribution in [2.75, 3.05) is 18.5 Å². The minimum absolute atomic E-state index is 0.715. The fourth-order valence-electron chi connectivity index (χ4n) is 2.69. The zero-order valence-electron chi connectivity index (χ0n) is 12.1. The van der Waals surface area contributed by atoms with Crippen LogP contribution >= 0.6 is 0 Å². The van der Waals surface area contributed by atoms with E-state index in [1.54, 1.807) is 6.33 Å². The van der Waals surface area contributed by atoms with Crippen molar-refractivity contribution in [3.63, 3.8) is 0 Å². The lowest BCUT2D eigenvalue weighted by molar-refractivity contribution is 0.241. The predicted molar refractivity (Wildman–Crippen MR) is 77.6 cm³/mol. The van der Waals surface area contributed by atoms with Gasteiger partial charge in [0.05, 0.1) is 12.2 Å². The molecule has 1 N–H and O–H groups in total. The number of aromatic nitrogens is 2. The molecule has 2 rings (SSSR count). The van der Waals surface area contributed by atoms with Crippen LogP contribution in [0.5, 0.6) is 5.88 Å². The Kier molecular flexibility index (Phi) is 5.43. The lowest BCUT2D eigenvalue weighted by atomic mass is 10.1. The van der Waals surface area contributed by atoms with E-state index >= 15 is 0 Å². The van der Waals surface area contributed by atoms with E-state index in [0.717, 1.165) is 43.3 Å². The summed E-state index contributed by atoms with van der Waals surface area (Å²) in [4.78, 5) is 8.65. The number of nitrogens with one attached hydrogen (secondary N) is 1. The molecule has 1 heterocycles. The highest BCUT2D eigenvalue weighted by molar-refractivity contribution is 5.48. The first-order chi connectivity index (χ1) is 9.35. The van der Waals surface area contributed by atoms with Crippen LogP contribution < -0.4 is 10.1 Å². The monoisotopic (exact) mass is 263 g/mol. The summed E-state index contributed by atoms with van der Waals surface area (Å²) in [5.41, 5.74) is 1.13. The van der Waals surface area contributed by atoms with Crippen LogP contribution in [0.3, 0.4) is 0 Å². The smallest absolute Gasteiger partial charge is 0.221 e. The summed E-state index contributed by atoms with van der Waals surface area (Å²) in [6, 6.07) is 0. The van der Waals surface area contributed by atoms with Crippen molar-refractivity contribution in [2.24, 2.45) is 5.92 Å². The van der Waals surface area contributed by atoms with Crippen LogP contribution in [0, 0.1) is 5.92 Å². The Morgan fingerprint density at radius 3 is 2.74 bits per heavy atom. The van der Waals surface area contributed by atoms with Gasteiger partial charge in [-0.25, -0.2) is 9.97 Å². The highest BCUT2D eigenvalue weighted by atomic mass is 16.5. The molecule has 0 spiro atoms. The van der Waals surface area contributed by atoms with Crippen LogP contribution in [0.1, 0.15) is 51.5 Å². The fraction of sp³-hybridized carbons (Fsp3) is 0.733. The maximum Gasteiger partial charge on any atom is 0.221 e. The maximum absolute atomic E-state index is 5.97. The molecule has 1 aliphatic carbocycles. The molecule has 1 fully saturated rings. The van der Waals surface area contributed by atoms with E-state index in [4.69, 9.17) is 4.74 Å². The normalized spacial score (nSPS) is 15.7. The quantitative estimate of drug-likeness (QED) is 0.818. The number of hydrogen-bond acceptors (Lipinski definition) is 4. The SMILES string of the molecule is CCCc1c(NCC)ncnc1OCC1CCCC1. The average Bonchev–Trinajstić information content (AvgIpc) is 2.93. The second-order valence-electron chi connectivity index (χ2n) is 5.25. The molecule has 1 aromatic heterocycles. The Labute approximate surface area is 116 Å². The summed E-state index contributed by atoms with van der Waals surface area (Å²) >= 11 is 0. The van der Waals surface area contributed by atoms with Crippen LogP contribution in [-0.2, 0) is 6.42 Å². The molecule has 0 bridgehead atoms. The molecule has 0 aliphatic heterocycles. The van der Waals surface area contributed by atoms with Gasteiger partial charge in [0.25, 0.3) is 0 Å². The largest absolute Gasteiger partial charge is 0.477 e. The minimum Gasteiger partial charge on any atom is -0.477 e. The minimum atomic E-state index is 0.715. The van der Waals surface area contributed by atoms with E-state index < -0.39 is 0 Å². The first-order valence-electron chi connectivity index (χ1n) is 7.55. The lowest BCUT2D eigenvalue weighted by Crippen LogP contribution is -2.12. The molecule has 1 saturated carbocycles. The van der Waals surface area contributed by atoms with Gasteiger partial charge in [-0.05, 0) is 32.1 Å². The van der Waals surface area contributed by atoms with E-state index in [9.17, 15) is 0 Å². The molecule has 0 aromatic carbocycles. The molecule has 0 radical (unpaired) electrons. The average molecular weight is 263 g/mol. The van der Waals surface area contributed by atoms with Crippen LogP contribution in [-0.4, -0.2) is 23.1 Å².